The SMILES string of the molecule is NS(=O)(=O)c1ccc(-c2c(Cl)nc(C(F)(F)F)nc2-c2ccc(F)cc2)cc1. The van der Waals surface area contributed by atoms with Gasteiger partial charge in [-0.1, -0.05) is 23.7 Å². The van der Waals surface area contributed by atoms with E-state index in [1.165, 1.54) is 36.4 Å². The summed E-state index contributed by atoms with van der Waals surface area (Å²) < 4.78 is 75.4. The van der Waals surface area contributed by atoms with E-state index in [-0.39, 0.29) is 27.3 Å². The molecule has 3 rings (SSSR count). The lowest BCUT2D eigenvalue weighted by atomic mass is 10.0. The Morgan fingerprint density at radius 2 is 1.43 bits per heavy atom. The zero-order valence-corrected chi connectivity index (χ0v) is 15.3. The Morgan fingerprint density at radius 1 is 0.893 bits per heavy atom. The van der Waals surface area contributed by atoms with Crippen molar-refractivity contribution < 1.29 is 26.0 Å². The van der Waals surface area contributed by atoms with Crippen molar-refractivity contribution in [3.8, 4) is 22.4 Å². The number of rotatable bonds is 3. The van der Waals surface area contributed by atoms with E-state index in [1.54, 1.807) is 0 Å². The Morgan fingerprint density at radius 3 is 1.93 bits per heavy atom. The fourth-order valence-corrected chi connectivity index (χ4v) is 3.24. The topological polar surface area (TPSA) is 85.9 Å². The minimum Gasteiger partial charge on any atom is -0.225 e. The second-order valence-corrected chi connectivity index (χ2v) is 7.56. The van der Waals surface area contributed by atoms with Crippen molar-refractivity contribution in [2.75, 3.05) is 0 Å². The molecule has 1 heterocycles. The van der Waals surface area contributed by atoms with Crippen LogP contribution < -0.4 is 5.14 Å². The zero-order valence-electron chi connectivity index (χ0n) is 13.7. The number of halogens is 5. The Hall–Kier alpha value is -2.56. The lowest BCUT2D eigenvalue weighted by molar-refractivity contribution is -0.144. The lowest BCUT2D eigenvalue weighted by Gasteiger charge is -2.14. The van der Waals surface area contributed by atoms with Crippen molar-refractivity contribution >= 4 is 21.6 Å². The van der Waals surface area contributed by atoms with E-state index in [1.807, 2.05) is 0 Å². The summed E-state index contributed by atoms with van der Waals surface area (Å²) in [6.07, 6.45) is -4.85. The summed E-state index contributed by atoms with van der Waals surface area (Å²) >= 11 is 6.02. The first-order valence-corrected chi connectivity index (χ1v) is 9.43. The summed E-state index contributed by atoms with van der Waals surface area (Å²) in [5, 5.41) is 4.54. The lowest BCUT2D eigenvalue weighted by Crippen LogP contribution is -2.13. The van der Waals surface area contributed by atoms with Crippen LogP contribution >= 0.6 is 11.6 Å². The van der Waals surface area contributed by atoms with Gasteiger partial charge in [0.25, 0.3) is 0 Å². The molecular formula is C17H10ClF4N3O2S. The molecule has 0 saturated heterocycles. The van der Waals surface area contributed by atoms with Gasteiger partial charge < -0.3 is 0 Å². The van der Waals surface area contributed by atoms with Gasteiger partial charge in [-0.2, -0.15) is 13.2 Å². The van der Waals surface area contributed by atoms with Crippen LogP contribution in [0.4, 0.5) is 17.6 Å². The van der Waals surface area contributed by atoms with Gasteiger partial charge in [0.1, 0.15) is 11.0 Å². The molecule has 0 atom stereocenters. The maximum Gasteiger partial charge on any atom is 0.451 e. The highest BCUT2D eigenvalue weighted by Crippen LogP contribution is 2.38. The highest BCUT2D eigenvalue weighted by atomic mass is 35.5. The molecule has 5 nitrogen and oxygen atoms in total. The van der Waals surface area contributed by atoms with Gasteiger partial charge in [0, 0.05) is 11.1 Å². The van der Waals surface area contributed by atoms with Crippen molar-refractivity contribution in [3.05, 3.63) is 65.3 Å². The summed E-state index contributed by atoms with van der Waals surface area (Å²) in [6.45, 7) is 0. The van der Waals surface area contributed by atoms with Crippen LogP contribution in [0, 0.1) is 5.82 Å². The van der Waals surface area contributed by atoms with Crippen LogP contribution in [0.25, 0.3) is 22.4 Å². The summed E-state index contributed by atoms with van der Waals surface area (Å²) in [6, 6.07) is 9.58. The molecule has 0 saturated carbocycles. The van der Waals surface area contributed by atoms with Gasteiger partial charge in [-0.15, -0.1) is 0 Å². The quantitative estimate of drug-likeness (QED) is 0.495. The predicted molar refractivity (Wildman–Crippen MR) is 94.2 cm³/mol. The molecule has 0 spiro atoms. The van der Waals surface area contributed by atoms with Crippen LogP contribution in [0.15, 0.2) is 53.4 Å². The van der Waals surface area contributed by atoms with Crippen LogP contribution in [-0.4, -0.2) is 18.4 Å². The molecule has 0 aliphatic carbocycles. The Balaban J connectivity index is 2.26. The molecule has 0 aliphatic heterocycles. The van der Waals surface area contributed by atoms with Crippen molar-refractivity contribution in [1.29, 1.82) is 0 Å². The van der Waals surface area contributed by atoms with E-state index in [0.717, 1.165) is 12.1 Å². The number of primary sulfonamides is 1. The first-order valence-electron chi connectivity index (χ1n) is 7.51. The van der Waals surface area contributed by atoms with E-state index >= 15 is 0 Å². The third-order valence-corrected chi connectivity index (χ3v) is 4.91. The number of nitrogens with zero attached hydrogens (tertiary/aromatic N) is 2. The largest absolute Gasteiger partial charge is 0.451 e. The zero-order chi connectivity index (χ0) is 20.7. The number of alkyl halides is 3. The predicted octanol–water partition coefficient (Wildman–Crippen LogP) is 4.27. The van der Waals surface area contributed by atoms with Gasteiger partial charge in [0.2, 0.25) is 15.8 Å². The standard InChI is InChI=1S/C17H10ClF4N3O2S/c18-15-13(9-3-7-12(8-4-9)28(23,26)27)14(10-1-5-11(19)6-2-10)24-16(25-15)17(20,21)22/h1-8H,(H2,23,26,27). The maximum absolute atomic E-state index is 13.2. The molecule has 0 unspecified atom stereocenters. The maximum atomic E-state index is 13.2. The smallest absolute Gasteiger partial charge is 0.225 e. The van der Waals surface area contributed by atoms with Gasteiger partial charge in [0.15, 0.2) is 0 Å². The van der Waals surface area contributed by atoms with Crippen LogP contribution in [0.5, 0.6) is 0 Å². The third kappa shape index (κ3) is 4.13. The van der Waals surface area contributed by atoms with Crippen LogP contribution in [-0.2, 0) is 16.2 Å². The fourth-order valence-electron chi connectivity index (χ4n) is 2.44. The average Bonchev–Trinajstić information content (AvgIpc) is 2.60. The molecular weight excluding hydrogens is 422 g/mol. The fraction of sp³-hybridized carbons (Fsp3) is 0.0588. The van der Waals surface area contributed by atoms with Gasteiger partial charge in [0.05, 0.1) is 10.6 Å². The molecule has 11 heteroatoms. The summed E-state index contributed by atoms with van der Waals surface area (Å²) in [7, 11) is -3.96. The molecule has 0 amide bonds. The second-order valence-electron chi connectivity index (χ2n) is 5.64. The number of aromatic nitrogens is 2. The van der Waals surface area contributed by atoms with E-state index < -0.39 is 33.0 Å². The highest BCUT2D eigenvalue weighted by Gasteiger charge is 2.36. The third-order valence-electron chi connectivity index (χ3n) is 3.71. The van der Waals surface area contributed by atoms with Crippen LogP contribution in [0.2, 0.25) is 5.15 Å². The van der Waals surface area contributed by atoms with E-state index in [9.17, 15) is 26.0 Å². The van der Waals surface area contributed by atoms with E-state index in [0.29, 0.717) is 0 Å². The van der Waals surface area contributed by atoms with Gasteiger partial charge in [-0.25, -0.2) is 27.9 Å². The van der Waals surface area contributed by atoms with Crippen molar-refractivity contribution in [2.45, 2.75) is 11.1 Å². The molecule has 0 aliphatic rings. The van der Waals surface area contributed by atoms with E-state index in [4.69, 9.17) is 16.7 Å². The van der Waals surface area contributed by atoms with Gasteiger partial charge in [-0.3, -0.25) is 0 Å². The monoisotopic (exact) mass is 431 g/mol. The first-order chi connectivity index (χ1) is 13.0. The summed E-state index contributed by atoms with van der Waals surface area (Å²) in [5.41, 5.74) is 0.269. The van der Waals surface area contributed by atoms with Crippen LogP contribution in [0.3, 0.4) is 0 Å². The molecule has 3 aromatic rings. The summed E-state index contributed by atoms with van der Waals surface area (Å²) in [4.78, 5) is 6.68. The number of hydrogen-bond donors (Lipinski definition) is 1. The van der Waals surface area contributed by atoms with Crippen molar-refractivity contribution in [2.24, 2.45) is 5.14 Å². The Labute approximate surface area is 161 Å². The second kappa shape index (κ2) is 7.12. The first kappa shape index (κ1) is 20.2. The summed E-state index contributed by atoms with van der Waals surface area (Å²) in [5.74, 6) is -2.04. The highest BCUT2D eigenvalue weighted by molar-refractivity contribution is 7.89. The minimum atomic E-state index is -4.85. The van der Waals surface area contributed by atoms with Crippen molar-refractivity contribution in [1.82, 2.24) is 9.97 Å². The molecule has 2 N–H and O–H groups in total. The minimum absolute atomic E-state index is 0.0299. The van der Waals surface area contributed by atoms with Gasteiger partial charge in [-0.05, 0) is 42.0 Å². The molecule has 28 heavy (non-hydrogen) atoms. The van der Waals surface area contributed by atoms with E-state index in [2.05, 4.69) is 9.97 Å². The average molecular weight is 432 g/mol. The molecule has 0 bridgehead atoms. The molecule has 146 valence electrons. The number of sulfonamides is 1. The number of hydrogen-bond acceptors (Lipinski definition) is 4. The molecule has 1 aromatic heterocycles. The number of benzene rings is 2. The normalized spacial score (nSPS) is 12.2. The Kier molecular flexibility index (Phi) is 5.13. The van der Waals surface area contributed by atoms with Gasteiger partial charge >= 0.3 is 6.18 Å². The number of nitrogens with two attached hydrogens (primary N) is 1. The van der Waals surface area contributed by atoms with Crippen molar-refractivity contribution in [3.63, 3.8) is 0 Å². The molecule has 0 fully saturated rings. The molecule has 0 radical (unpaired) electrons. The van der Waals surface area contributed by atoms with Crippen LogP contribution in [0.1, 0.15) is 5.82 Å². The Bertz CT molecular complexity index is 1130. The molecule has 2 aromatic carbocycles.